The zero-order valence-electron chi connectivity index (χ0n) is 16.3. The van der Waals surface area contributed by atoms with Crippen LogP contribution in [0, 0.1) is 11.8 Å². The molecule has 0 saturated carbocycles. The van der Waals surface area contributed by atoms with E-state index in [4.69, 9.17) is 0 Å². The van der Waals surface area contributed by atoms with Gasteiger partial charge in [0.25, 0.3) is 11.5 Å². The van der Waals surface area contributed by atoms with Crippen LogP contribution in [0.5, 0.6) is 0 Å². The van der Waals surface area contributed by atoms with Crippen LogP contribution in [0.15, 0.2) is 35.3 Å². The maximum Gasteiger partial charge on any atom is 0.269 e. The van der Waals surface area contributed by atoms with Gasteiger partial charge in [-0.05, 0) is 18.2 Å². The highest BCUT2D eigenvalue weighted by Crippen LogP contribution is 2.22. The van der Waals surface area contributed by atoms with Crippen molar-refractivity contribution in [2.45, 2.75) is 6.54 Å². The number of H-pyrrole nitrogens is 1. The first-order chi connectivity index (χ1) is 14.5. The van der Waals surface area contributed by atoms with E-state index in [1.165, 1.54) is 13.1 Å². The third-order valence-electron chi connectivity index (χ3n) is 5.16. The Balaban J connectivity index is 1.44. The van der Waals surface area contributed by atoms with Gasteiger partial charge in [-0.15, -0.1) is 0 Å². The minimum Gasteiger partial charge on any atom is -0.365 e. The maximum absolute atomic E-state index is 14.8. The number of rotatable bonds is 4. The van der Waals surface area contributed by atoms with Gasteiger partial charge in [-0.3, -0.25) is 14.5 Å². The number of nitrogens with one attached hydrogen (secondary N) is 2. The molecule has 2 aromatic heterocycles. The maximum atomic E-state index is 14.8. The van der Waals surface area contributed by atoms with Gasteiger partial charge in [0.2, 0.25) is 5.95 Å². The lowest BCUT2D eigenvalue weighted by Gasteiger charge is -2.36. The molecule has 156 valence electrons. The second-order valence-corrected chi connectivity index (χ2v) is 7.03. The van der Waals surface area contributed by atoms with Gasteiger partial charge < -0.3 is 15.2 Å². The second kappa shape index (κ2) is 8.15. The van der Waals surface area contributed by atoms with Gasteiger partial charge in [0.05, 0.1) is 17.4 Å². The van der Waals surface area contributed by atoms with E-state index in [2.05, 4.69) is 25.2 Å². The number of aromatic amines is 1. The number of anilines is 1. The van der Waals surface area contributed by atoms with Crippen molar-refractivity contribution in [1.29, 1.82) is 0 Å². The molecule has 2 N–H and O–H groups in total. The number of halogens is 2. The lowest BCUT2D eigenvalue weighted by atomic mass is 10.1. The smallest absolute Gasteiger partial charge is 0.269 e. The van der Waals surface area contributed by atoms with Crippen molar-refractivity contribution in [1.82, 2.24) is 25.2 Å². The van der Waals surface area contributed by atoms with Crippen LogP contribution in [0.4, 0.5) is 14.5 Å². The average molecular weight is 414 g/mol. The number of piperazine rings is 1. The van der Waals surface area contributed by atoms with Gasteiger partial charge in [-0.1, -0.05) is 6.07 Å². The van der Waals surface area contributed by atoms with Crippen molar-refractivity contribution >= 4 is 22.6 Å². The van der Waals surface area contributed by atoms with Crippen LogP contribution < -0.4 is 15.8 Å². The van der Waals surface area contributed by atoms with Gasteiger partial charge in [0.15, 0.2) is 5.82 Å². The first-order valence-corrected chi connectivity index (χ1v) is 9.48. The predicted molar refractivity (Wildman–Crippen MR) is 107 cm³/mol. The molecule has 4 rings (SSSR count). The van der Waals surface area contributed by atoms with E-state index in [1.54, 1.807) is 18.2 Å². The number of hydrogen-bond donors (Lipinski definition) is 2. The molecule has 3 aromatic rings. The summed E-state index contributed by atoms with van der Waals surface area (Å²) in [6, 6.07) is 6.38. The minimum atomic E-state index is -0.693. The minimum absolute atomic E-state index is 0.0247. The van der Waals surface area contributed by atoms with E-state index in [0.717, 1.165) is 6.20 Å². The van der Waals surface area contributed by atoms with Gasteiger partial charge >= 0.3 is 0 Å². The number of hydrogen-bond acceptors (Lipinski definition) is 6. The molecule has 1 amide bonds. The summed E-state index contributed by atoms with van der Waals surface area (Å²) in [6.45, 7) is 2.62. The summed E-state index contributed by atoms with van der Waals surface area (Å²) in [7, 11) is 1.46. The molecule has 1 aromatic carbocycles. The molecular formula is C20H20F2N6O2. The molecule has 0 bridgehead atoms. The first-order valence-electron chi connectivity index (χ1n) is 9.48. The predicted octanol–water partition coefficient (Wildman–Crippen LogP) is 1.28. The highest BCUT2D eigenvalue weighted by molar-refractivity contribution is 5.92. The quantitative estimate of drug-likeness (QED) is 0.625. The summed E-state index contributed by atoms with van der Waals surface area (Å²) in [6.07, 6.45) is 1.12. The van der Waals surface area contributed by atoms with Gasteiger partial charge in [0, 0.05) is 45.3 Å². The Morgan fingerprint density at radius 1 is 1.17 bits per heavy atom. The standard InChI is InChI=1S/C20H20F2N6O2/c1-23-20(30)14-4-5-15(19(22)25-14)28-8-6-27(7-9-28)11-12-2-3-13-18(17(12)21)26-16(29)10-24-13/h2-5,10H,6-9,11H2,1H3,(H,23,30)(H,26,29). The highest BCUT2D eigenvalue weighted by Gasteiger charge is 2.22. The third-order valence-corrected chi connectivity index (χ3v) is 5.16. The largest absolute Gasteiger partial charge is 0.365 e. The van der Waals surface area contributed by atoms with E-state index in [0.29, 0.717) is 49.5 Å². The molecule has 1 aliphatic rings. The molecule has 0 unspecified atom stereocenters. The van der Waals surface area contributed by atoms with Crippen molar-refractivity contribution in [2.24, 2.45) is 0 Å². The molecule has 10 heteroatoms. The zero-order chi connectivity index (χ0) is 21.3. The molecular weight excluding hydrogens is 394 g/mol. The lowest BCUT2D eigenvalue weighted by molar-refractivity contribution is 0.0957. The Labute approximate surface area is 170 Å². The molecule has 1 fully saturated rings. The zero-order valence-corrected chi connectivity index (χ0v) is 16.3. The first kappa shape index (κ1) is 19.9. The molecule has 0 radical (unpaired) electrons. The Morgan fingerprint density at radius 2 is 1.93 bits per heavy atom. The Morgan fingerprint density at radius 3 is 2.63 bits per heavy atom. The van der Waals surface area contributed by atoms with Gasteiger partial charge in [0.1, 0.15) is 11.2 Å². The van der Waals surface area contributed by atoms with Crippen LogP contribution in [0.3, 0.4) is 0 Å². The summed E-state index contributed by atoms with van der Waals surface area (Å²) < 4.78 is 29.2. The third kappa shape index (κ3) is 3.86. The molecule has 1 aliphatic heterocycles. The Hall–Kier alpha value is -3.40. The number of carbonyl (C=O) groups excluding carboxylic acids is 1. The fourth-order valence-electron chi connectivity index (χ4n) is 3.55. The number of benzene rings is 1. The van der Waals surface area contributed by atoms with Crippen LogP contribution >= 0.6 is 0 Å². The van der Waals surface area contributed by atoms with Crippen LogP contribution in [0.2, 0.25) is 0 Å². The average Bonchev–Trinajstić information content (AvgIpc) is 2.76. The molecule has 0 spiro atoms. The van der Waals surface area contributed by atoms with E-state index in [-0.39, 0.29) is 11.2 Å². The van der Waals surface area contributed by atoms with Gasteiger partial charge in [-0.2, -0.15) is 4.39 Å². The van der Waals surface area contributed by atoms with Crippen molar-refractivity contribution < 1.29 is 13.6 Å². The molecule has 30 heavy (non-hydrogen) atoms. The number of amides is 1. The lowest BCUT2D eigenvalue weighted by Crippen LogP contribution is -2.46. The summed E-state index contributed by atoms with van der Waals surface area (Å²) >= 11 is 0. The van der Waals surface area contributed by atoms with Gasteiger partial charge in [-0.25, -0.2) is 14.4 Å². The molecule has 1 saturated heterocycles. The van der Waals surface area contributed by atoms with Crippen LogP contribution in [0.1, 0.15) is 16.1 Å². The fourth-order valence-corrected chi connectivity index (χ4v) is 3.55. The topological polar surface area (TPSA) is 94.2 Å². The van der Waals surface area contributed by atoms with Crippen molar-refractivity contribution in [2.75, 3.05) is 38.1 Å². The second-order valence-electron chi connectivity index (χ2n) is 7.03. The van der Waals surface area contributed by atoms with E-state index < -0.39 is 23.2 Å². The number of fused-ring (bicyclic) bond motifs is 1. The number of pyridine rings is 1. The Kier molecular flexibility index (Phi) is 5.40. The monoisotopic (exact) mass is 414 g/mol. The van der Waals surface area contributed by atoms with Crippen molar-refractivity contribution in [3.63, 3.8) is 0 Å². The Bertz CT molecular complexity index is 1160. The van der Waals surface area contributed by atoms with E-state index in [9.17, 15) is 18.4 Å². The summed E-state index contributed by atoms with van der Waals surface area (Å²) in [5.41, 5.74) is 0.860. The van der Waals surface area contributed by atoms with E-state index >= 15 is 0 Å². The highest BCUT2D eigenvalue weighted by atomic mass is 19.1. The molecule has 3 heterocycles. The molecule has 8 nitrogen and oxygen atoms in total. The summed E-state index contributed by atoms with van der Waals surface area (Å²) in [5.74, 6) is -1.62. The van der Waals surface area contributed by atoms with Crippen LogP contribution in [0.25, 0.3) is 11.0 Å². The SMILES string of the molecule is CNC(=O)c1ccc(N2CCN(Cc3ccc4ncc(=O)[nH]c4c3F)CC2)c(F)n1. The van der Waals surface area contributed by atoms with Crippen LogP contribution in [-0.2, 0) is 6.54 Å². The summed E-state index contributed by atoms with van der Waals surface area (Å²) in [5, 5.41) is 2.41. The molecule has 0 aliphatic carbocycles. The number of carbonyl (C=O) groups is 1. The van der Waals surface area contributed by atoms with Crippen molar-refractivity contribution in [3.8, 4) is 0 Å². The number of nitrogens with zero attached hydrogens (tertiary/aromatic N) is 4. The van der Waals surface area contributed by atoms with E-state index in [1.807, 2.05) is 4.90 Å². The summed E-state index contributed by atoms with van der Waals surface area (Å²) in [4.78, 5) is 37.1. The number of aromatic nitrogens is 3. The van der Waals surface area contributed by atoms with Crippen LogP contribution in [-0.4, -0.2) is 59.0 Å². The van der Waals surface area contributed by atoms with Crippen molar-refractivity contribution in [3.05, 3.63) is 63.8 Å². The fraction of sp³-hybridized carbons (Fsp3) is 0.300. The molecule has 0 atom stereocenters. The normalized spacial score (nSPS) is 14.8.